The van der Waals surface area contributed by atoms with Crippen LogP contribution in [0.1, 0.15) is 12.6 Å². The molecule has 1 aromatic heterocycles. The standard InChI is InChI=1S/C7H13N3O2S/c1-4-7-5-6-8-10(7)13(11,12)9(2)3/h5-6H,4H2,1-3H3. The van der Waals surface area contributed by atoms with Gasteiger partial charge in [-0.15, -0.1) is 4.09 Å². The summed E-state index contributed by atoms with van der Waals surface area (Å²) in [6.45, 7) is 1.89. The molecule has 0 saturated heterocycles. The van der Waals surface area contributed by atoms with Crippen molar-refractivity contribution in [2.24, 2.45) is 0 Å². The topological polar surface area (TPSA) is 55.2 Å². The monoisotopic (exact) mass is 203 g/mol. The van der Waals surface area contributed by atoms with E-state index in [1.165, 1.54) is 20.3 Å². The summed E-state index contributed by atoms with van der Waals surface area (Å²) < 4.78 is 25.4. The summed E-state index contributed by atoms with van der Waals surface area (Å²) >= 11 is 0. The van der Waals surface area contributed by atoms with Gasteiger partial charge in [0.1, 0.15) is 0 Å². The molecule has 0 spiro atoms. The van der Waals surface area contributed by atoms with E-state index in [2.05, 4.69) is 5.10 Å². The maximum Gasteiger partial charge on any atom is 0.322 e. The molecule has 1 heterocycles. The summed E-state index contributed by atoms with van der Waals surface area (Å²) in [6.07, 6.45) is 2.13. The Morgan fingerprint density at radius 1 is 1.54 bits per heavy atom. The molecule has 1 aromatic rings. The van der Waals surface area contributed by atoms with E-state index in [9.17, 15) is 8.42 Å². The highest BCUT2D eigenvalue weighted by molar-refractivity contribution is 7.87. The summed E-state index contributed by atoms with van der Waals surface area (Å²) in [7, 11) is -0.472. The highest BCUT2D eigenvalue weighted by Gasteiger charge is 2.18. The van der Waals surface area contributed by atoms with Gasteiger partial charge in [0.15, 0.2) is 0 Å². The maximum atomic E-state index is 11.6. The van der Waals surface area contributed by atoms with Gasteiger partial charge in [0.2, 0.25) is 0 Å². The van der Waals surface area contributed by atoms with E-state index in [-0.39, 0.29) is 0 Å². The predicted molar refractivity (Wildman–Crippen MR) is 49.6 cm³/mol. The first-order chi connectivity index (χ1) is 6.00. The lowest BCUT2D eigenvalue weighted by Gasteiger charge is -2.12. The highest BCUT2D eigenvalue weighted by Crippen LogP contribution is 2.05. The normalized spacial score (nSPS) is 12.3. The van der Waals surface area contributed by atoms with Crippen molar-refractivity contribution in [3.8, 4) is 0 Å². The maximum absolute atomic E-state index is 11.6. The Kier molecular flexibility index (Phi) is 2.72. The molecule has 0 aromatic carbocycles. The quantitative estimate of drug-likeness (QED) is 0.700. The van der Waals surface area contributed by atoms with Crippen molar-refractivity contribution in [3.63, 3.8) is 0 Å². The van der Waals surface area contributed by atoms with E-state index in [0.717, 1.165) is 8.39 Å². The smallest absolute Gasteiger partial charge is 0.189 e. The Morgan fingerprint density at radius 2 is 2.15 bits per heavy atom. The van der Waals surface area contributed by atoms with Crippen molar-refractivity contribution >= 4 is 10.2 Å². The summed E-state index contributed by atoms with van der Waals surface area (Å²) in [5, 5.41) is 3.77. The molecule has 0 aliphatic heterocycles. The molecule has 0 radical (unpaired) electrons. The van der Waals surface area contributed by atoms with Crippen LogP contribution in [-0.4, -0.2) is 36.0 Å². The minimum absolute atomic E-state index is 0.646. The van der Waals surface area contributed by atoms with E-state index in [0.29, 0.717) is 12.1 Å². The van der Waals surface area contributed by atoms with Gasteiger partial charge in [-0.1, -0.05) is 6.92 Å². The molecule has 13 heavy (non-hydrogen) atoms. The fraction of sp³-hybridized carbons (Fsp3) is 0.571. The molecule has 0 unspecified atom stereocenters. The number of hydrogen-bond acceptors (Lipinski definition) is 3. The lowest BCUT2D eigenvalue weighted by Crippen LogP contribution is -2.30. The lowest BCUT2D eigenvalue weighted by molar-refractivity contribution is 0.501. The molecule has 6 heteroatoms. The molecule has 5 nitrogen and oxygen atoms in total. The molecular formula is C7H13N3O2S. The first kappa shape index (κ1) is 10.2. The predicted octanol–water partition coefficient (Wildman–Crippen LogP) is 0.1000. The van der Waals surface area contributed by atoms with Gasteiger partial charge in [0.25, 0.3) is 0 Å². The third-order valence-corrected chi connectivity index (χ3v) is 3.42. The largest absolute Gasteiger partial charge is 0.322 e. The van der Waals surface area contributed by atoms with Gasteiger partial charge in [-0.05, 0) is 12.5 Å². The van der Waals surface area contributed by atoms with Crippen molar-refractivity contribution in [1.29, 1.82) is 0 Å². The zero-order valence-electron chi connectivity index (χ0n) is 7.93. The van der Waals surface area contributed by atoms with E-state index in [1.54, 1.807) is 6.07 Å². The van der Waals surface area contributed by atoms with Gasteiger partial charge in [0, 0.05) is 14.1 Å². The molecule has 0 aliphatic rings. The molecule has 0 bridgehead atoms. The minimum Gasteiger partial charge on any atom is -0.189 e. The molecule has 0 N–H and O–H groups in total. The first-order valence-electron chi connectivity index (χ1n) is 3.96. The second-order valence-electron chi connectivity index (χ2n) is 2.81. The molecule has 0 saturated carbocycles. The van der Waals surface area contributed by atoms with Crippen LogP contribution in [0, 0.1) is 0 Å². The summed E-state index contributed by atoms with van der Waals surface area (Å²) in [6, 6.07) is 1.70. The van der Waals surface area contributed by atoms with Crippen molar-refractivity contribution < 1.29 is 8.42 Å². The van der Waals surface area contributed by atoms with E-state index in [4.69, 9.17) is 0 Å². The number of hydrogen-bond donors (Lipinski definition) is 0. The molecular weight excluding hydrogens is 190 g/mol. The third kappa shape index (κ3) is 1.73. The van der Waals surface area contributed by atoms with Crippen molar-refractivity contribution in [3.05, 3.63) is 18.0 Å². The van der Waals surface area contributed by atoms with Crippen LogP contribution >= 0.6 is 0 Å². The van der Waals surface area contributed by atoms with E-state index in [1.807, 2.05) is 6.92 Å². The molecule has 0 fully saturated rings. The molecule has 0 atom stereocenters. The Hall–Kier alpha value is -0.880. The second kappa shape index (κ2) is 3.47. The fourth-order valence-corrected chi connectivity index (χ4v) is 1.90. The highest BCUT2D eigenvalue weighted by atomic mass is 32.2. The Balaban J connectivity index is 3.22. The zero-order valence-corrected chi connectivity index (χ0v) is 8.74. The summed E-state index contributed by atoms with van der Waals surface area (Å²) in [4.78, 5) is 0. The Labute approximate surface area is 78.2 Å². The molecule has 74 valence electrons. The lowest BCUT2D eigenvalue weighted by atomic mass is 10.4. The summed E-state index contributed by atoms with van der Waals surface area (Å²) in [5.74, 6) is 0. The van der Waals surface area contributed by atoms with Crippen LogP contribution < -0.4 is 0 Å². The second-order valence-corrected chi connectivity index (χ2v) is 4.78. The van der Waals surface area contributed by atoms with Gasteiger partial charge < -0.3 is 0 Å². The Bertz CT molecular complexity index is 380. The van der Waals surface area contributed by atoms with Gasteiger partial charge in [-0.3, -0.25) is 0 Å². The van der Waals surface area contributed by atoms with Crippen LogP contribution in [0.4, 0.5) is 0 Å². The average molecular weight is 203 g/mol. The van der Waals surface area contributed by atoms with Crippen LogP contribution in [0.15, 0.2) is 12.3 Å². The van der Waals surface area contributed by atoms with Gasteiger partial charge in [-0.2, -0.15) is 17.8 Å². The van der Waals surface area contributed by atoms with Crippen molar-refractivity contribution in [2.45, 2.75) is 13.3 Å². The zero-order chi connectivity index (χ0) is 10.1. The number of aromatic nitrogens is 2. The molecule has 1 rings (SSSR count). The summed E-state index contributed by atoms with van der Waals surface area (Å²) in [5.41, 5.74) is 0.689. The number of nitrogens with zero attached hydrogens (tertiary/aromatic N) is 3. The molecule has 0 aliphatic carbocycles. The number of aryl methyl sites for hydroxylation is 1. The van der Waals surface area contributed by atoms with Crippen LogP contribution in [0.25, 0.3) is 0 Å². The minimum atomic E-state index is -3.44. The third-order valence-electron chi connectivity index (χ3n) is 1.73. The first-order valence-corrected chi connectivity index (χ1v) is 5.35. The van der Waals surface area contributed by atoms with Crippen molar-refractivity contribution in [2.75, 3.05) is 14.1 Å². The fourth-order valence-electron chi connectivity index (χ4n) is 0.933. The Morgan fingerprint density at radius 3 is 2.62 bits per heavy atom. The number of rotatable bonds is 3. The molecule has 0 amide bonds. The van der Waals surface area contributed by atoms with Crippen LogP contribution in [0.2, 0.25) is 0 Å². The van der Waals surface area contributed by atoms with Gasteiger partial charge >= 0.3 is 10.2 Å². The van der Waals surface area contributed by atoms with Crippen LogP contribution in [-0.2, 0) is 16.6 Å². The van der Waals surface area contributed by atoms with E-state index < -0.39 is 10.2 Å². The van der Waals surface area contributed by atoms with Crippen LogP contribution in [0.3, 0.4) is 0 Å². The van der Waals surface area contributed by atoms with E-state index >= 15 is 0 Å². The van der Waals surface area contributed by atoms with Crippen LogP contribution in [0.5, 0.6) is 0 Å². The van der Waals surface area contributed by atoms with Gasteiger partial charge in [-0.25, -0.2) is 0 Å². The van der Waals surface area contributed by atoms with Gasteiger partial charge in [0.05, 0.1) is 11.9 Å². The SMILES string of the molecule is CCc1ccnn1S(=O)(=O)N(C)C. The average Bonchev–Trinajstić information content (AvgIpc) is 2.51. The van der Waals surface area contributed by atoms with Crippen molar-refractivity contribution in [1.82, 2.24) is 13.5 Å².